The lowest BCUT2D eigenvalue weighted by molar-refractivity contribution is 0.495. The van der Waals surface area contributed by atoms with Crippen LogP contribution < -0.4 is 5.32 Å². The lowest BCUT2D eigenvalue weighted by atomic mass is 9.86. The van der Waals surface area contributed by atoms with Crippen LogP contribution in [0.15, 0.2) is 34.9 Å². The largest absolute Gasteiger partial charge is 0.441 e. The fourth-order valence-electron chi connectivity index (χ4n) is 2.11. The Morgan fingerprint density at radius 1 is 1.15 bits per heavy atom. The molecule has 3 nitrogen and oxygen atoms in total. The number of nitrogens with one attached hydrogen (secondary N) is 1. The van der Waals surface area contributed by atoms with E-state index < -0.39 is 0 Å². The van der Waals surface area contributed by atoms with Crippen molar-refractivity contribution in [3.63, 3.8) is 0 Å². The van der Waals surface area contributed by atoms with Crippen LogP contribution in [0.5, 0.6) is 0 Å². The summed E-state index contributed by atoms with van der Waals surface area (Å²) >= 11 is 0. The molecule has 0 aliphatic rings. The van der Waals surface area contributed by atoms with Crippen LogP contribution in [0.3, 0.4) is 0 Å². The van der Waals surface area contributed by atoms with Crippen molar-refractivity contribution >= 4 is 0 Å². The van der Waals surface area contributed by atoms with E-state index in [9.17, 15) is 0 Å². The van der Waals surface area contributed by atoms with Gasteiger partial charge in [-0.15, -0.1) is 0 Å². The minimum atomic E-state index is 0.179. The van der Waals surface area contributed by atoms with Crippen molar-refractivity contribution in [3.8, 4) is 11.3 Å². The molecule has 0 aliphatic carbocycles. The molecule has 0 saturated heterocycles. The zero-order valence-corrected chi connectivity index (χ0v) is 12.9. The van der Waals surface area contributed by atoms with Gasteiger partial charge in [0.1, 0.15) is 0 Å². The Bertz CT molecular complexity index is 535. The highest BCUT2D eigenvalue weighted by Gasteiger charge is 2.14. The number of nitrogens with zero attached hydrogens (tertiary/aromatic N) is 1. The van der Waals surface area contributed by atoms with Gasteiger partial charge in [0.05, 0.1) is 6.20 Å². The summed E-state index contributed by atoms with van der Waals surface area (Å²) in [5.41, 5.74) is 2.60. The van der Waals surface area contributed by atoms with Crippen LogP contribution in [-0.2, 0) is 11.8 Å². The highest BCUT2D eigenvalue weighted by atomic mass is 16.4. The summed E-state index contributed by atoms with van der Waals surface area (Å²) in [7, 11) is 1.96. The number of aromatic nitrogens is 1. The molecule has 2 aromatic rings. The highest BCUT2D eigenvalue weighted by Crippen LogP contribution is 2.26. The molecule has 0 saturated carbocycles. The van der Waals surface area contributed by atoms with E-state index in [1.807, 2.05) is 13.2 Å². The van der Waals surface area contributed by atoms with E-state index in [1.165, 1.54) is 5.56 Å². The molecule has 1 aromatic heterocycles. The third-order valence-corrected chi connectivity index (χ3v) is 3.41. The van der Waals surface area contributed by atoms with Gasteiger partial charge < -0.3 is 9.73 Å². The second kappa shape index (κ2) is 6.23. The van der Waals surface area contributed by atoms with Gasteiger partial charge in [-0.2, -0.15) is 0 Å². The molecule has 1 heterocycles. The monoisotopic (exact) mass is 272 g/mol. The van der Waals surface area contributed by atoms with Gasteiger partial charge in [0, 0.05) is 12.0 Å². The summed E-state index contributed by atoms with van der Waals surface area (Å²) in [5.74, 6) is 1.67. The number of aryl methyl sites for hydroxylation is 1. The molecule has 1 aromatic carbocycles. The third kappa shape index (κ3) is 3.70. The third-order valence-electron chi connectivity index (χ3n) is 3.41. The number of rotatable bonds is 5. The number of benzene rings is 1. The smallest absolute Gasteiger partial charge is 0.194 e. The quantitative estimate of drug-likeness (QED) is 0.841. The Morgan fingerprint density at radius 3 is 2.45 bits per heavy atom. The summed E-state index contributed by atoms with van der Waals surface area (Å²) in [6, 6.07) is 8.55. The first-order valence-corrected chi connectivity index (χ1v) is 7.21. The van der Waals surface area contributed by atoms with Crippen LogP contribution in [0, 0.1) is 0 Å². The van der Waals surface area contributed by atoms with E-state index in [4.69, 9.17) is 4.42 Å². The summed E-state index contributed by atoms with van der Waals surface area (Å²) in [6.07, 6.45) is 3.74. The van der Waals surface area contributed by atoms with Crippen LogP contribution in [0.1, 0.15) is 38.6 Å². The van der Waals surface area contributed by atoms with Crippen LogP contribution in [0.2, 0.25) is 0 Å². The molecular formula is C17H24N2O. The fraction of sp³-hybridized carbons (Fsp3) is 0.471. The van der Waals surface area contributed by atoms with E-state index in [0.29, 0.717) is 0 Å². The molecular weight excluding hydrogens is 248 g/mol. The molecule has 20 heavy (non-hydrogen) atoms. The van der Waals surface area contributed by atoms with E-state index in [1.54, 1.807) is 0 Å². The van der Waals surface area contributed by atoms with Crippen LogP contribution in [0.4, 0.5) is 0 Å². The maximum atomic E-state index is 5.80. The highest BCUT2D eigenvalue weighted by molar-refractivity contribution is 5.57. The topological polar surface area (TPSA) is 38.1 Å². The Balaban J connectivity index is 2.08. The fourth-order valence-corrected chi connectivity index (χ4v) is 2.11. The Morgan fingerprint density at radius 2 is 1.85 bits per heavy atom. The predicted molar refractivity (Wildman–Crippen MR) is 82.9 cm³/mol. The van der Waals surface area contributed by atoms with Crippen molar-refractivity contribution in [3.05, 3.63) is 41.9 Å². The molecule has 0 aliphatic heterocycles. The lowest BCUT2D eigenvalue weighted by Crippen LogP contribution is -2.10. The number of hydrogen-bond acceptors (Lipinski definition) is 3. The molecule has 0 amide bonds. The first-order chi connectivity index (χ1) is 9.50. The zero-order chi connectivity index (χ0) is 14.6. The minimum Gasteiger partial charge on any atom is -0.441 e. The van der Waals surface area contributed by atoms with Gasteiger partial charge in [-0.25, -0.2) is 4.98 Å². The van der Waals surface area contributed by atoms with Crippen molar-refractivity contribution in [2.45, 2.75) is 39.0 Å². The number of hydrogen-bond donors (Lipinski definition) is 1. The van der Waals surface area contributed by atoms with Crippen LogP contribution >= 0.6 is 0 Å². The van der Waals surface area contributed by atoms with Gasteiger partial charge in [0.15, 0.2) is 11.7 Å². The van der Waals surface area contributed by atoms with Gasteiger partial charge in [-0.3, -0.25) is 0 Å². The molecule has 3 heteroatoms. The van der Waals surface area contributed by atoms with Gasteiger partial charge in [-0.1, -0.05) is 45.0 Å². The summed E-state index contributed by atoms with van der Waals surface area (Å²) in [5, 5.41) is 3.13. The maximum Gasteiger partial charge on any atom is 0.194 e. The lowest BCUT2D eigenvalue weighted by Gasteiger charge is -2.18. The first-order valence-electron chi connectivity index (χ1n) is 7.21. The Kier molecular flexibility index (Phi) is 4.61. The first kappa shape index (κ1) is 14.8. The Hall–Kier alpha value is -1.61. The van der Waals surface area contributed by atoms with Crippen molar-refractivity contribution in [2.24, 2.45) is 0 Å². The molecule has 0 spiro atoms. The molecule has 0 unspecified atom stereocenters. The Labute approximate surface area is 121 Å². The van der Waals surface area contributed by atoms with E-state index in [-0.39, 0.29) is 5.41 Å². The SMILES string of the molecule is CNCCCc1ncc(-c2ccc(C(C)(C)C)cc2)o1. The second-order valence-corrected chi connectivity index (χ2v) is 6.15. The van der Waals surface area contributed by atoms with E-state index >= 15 is 0 Å². The second-order valence-electron chi connectivity index (χ2n) is 6.15. The molecule has 108 valence electrons. The van der Waals surface area contributed by atoms with E-state index in [0.717, 1.165) is 36.6 Å². The van der Waals surface area contributed by atoms with Crippen LogP contribution in [-0.4, -0.2) is 18.6 Å². The molecule has 0 fully saturated rings. The summed E-state index contributed by atoms with van der Waals surface area (Å²) in [6.45, 7) is 7.64. The number of oxazole rings is 1. The van der Waals surface area contributed by atoms with Gasteiger partial charge in [-0.05, 0) is 31.0 Å². The normalized spacial score (nSPS) is 11.8. The van der Waals surface area contributed by atoms with Gasteiger partial charge in [0.2, 0.25) is 0 Å². The molecule has 0 bridgehead atoms. The minimum absolute atomic E-state index is 0.179. The maximum absolute atomic E-state index is 5.80. The van der Waals surface area contributed by atoms with Crippen molar-refractivity contribution in [2.75, 3.05) is 13.6 Å². The molecule has 0 atom stereocenters. The predicted octanol–water partition coefficient (Wildman–Crippen LogP) is 3.79. The zero-order valence-electron chi connectivity index (χ0n) is 12.9. The van der Waals surface area contributed by atoms with Crippen LogP contribution in [0.25, 0.3) is 11.3 Å². The summed E-state index contributed by atoms with van der Waals surface area (Å²) in [4.78, 5) is 4.34. The van der Waals surface area contributed by atoms with Crippen molar-refractivity contribution < 1.29 is 4.42 Å². The van der Waals surface area contributed by atoms with Crippen molar-refractivity contribution in [1.82, 2.24) is 10.3 Å². The molecule has 0 radical (unpaired) electrons. The molecule has 1 N–H and O–H groups in total. The average molecular weight is 272 g/mol. The van der Waals surface area contributed by atoms with E-state index in [2.05, 4.69) is 55.3 Å². The summed E-state index contributed by atoms with van der Waals surface area (Å²) < 4.78 is 5.80. The van der Waals surface area contributed by atoms with Crippen molar-refractivity contribution in [1.29, 1.82) is 0 Å². The standard InChI is InChI=1S/C17H24N2O/c1-17(2,3)14-9-7-13(8-10-14)15-12-19-16(20-15)6-5-11-18-4/h7-10,12,18H,5-6,11H2,1-4H3. The average Bonchev–Trinajstić information content (AvgIpc) is 2.87. The van der Waals surface area contributed by atoms with Gasteiger partial charge in [0.25, 0.3) is 0 Å². The van der Waals surface area contributed by atoms with Gasteiger partial charge >= 0.3 is 0 Å². The molecule has 2 rings (SSSR count).